The first-order valence-electron chi connectivity index (χ1n) is 9.95. The number of fused-ring (bicyclic) bond motifs is 1. The minimum absolute atomic E-state index is 0. The summed E-state index contributed by atoms with van der Waals surface area (Å²) in [5, 5.41) is 6.24. The predicted molar refractivity (Wildman–Crippen MR) is 126 cm³/mol. The second kappa shape index (κ2) is 12.5. The number of alkyl halides is 2. The molecule has 1 aromatic carbocycles. The van der Waals surface area contributed by atoms with Crippen molar-refractivity contribution in [2.45, 2.75) is 46.6 Å². The monoisotopic (exact) mass is 564 g/mol. The molecule has 0 aliphatic carbocycles. The van der Waals surface area contributed by atoms with Crippen LogP contribution in [-0.4, -0.2) is 37.0 Å². The summed E-state index contributed by atoms with van der Waals surface area (Å²) < 4.78 is 46.4. The summed E-state index contributed by atoms with van der Waals surface area (Å²) in [6.45, 7) is 4.11. The van der Waals surface area contributed by atoms with Crippen molar-refractivity contribution in [1.29, 1.82) is 0 Å². The molecule has 0 amide bonds. The Morgan fingerprint density at radius 3 is 2.53 bits per heavy atom. The Hall–Kier alpha value is -2.57. The minimum Gasteiger partial charge on any atom is -0.475 e. The molecule has 1 aliphatic heterocycles. The Labute approximate surface area is 202 Å². The number of pyridine rings is 1. The lowest BCUT2D eigenvalue weighted by atomic mass is 10.1. The predicted octanol–water partition coefficient (Wildman–Crippen LogP) is 4.07. The van der Waals surface area contributed by atoms with Crippen LogP contribution < -0.4 is 29.6 Å². The Kier molecular flexibility index (Phi) is 10.0. The maximum absolute atomic E-state index is 12.8. The number of ether oxygens (including phenoxy) is 4. The fraction of sp³-hybridized carbons (Fsp3) is 0.429. The highest BCUT2D eigenvalue weighted by molar-refractivity contribution is 14.0. The first kappa shape index (κ1) is 25.7. The molecule has 8 nitrogen and oxygen atoms in total. The maximum atomic E-state index is 12.8. The van der Waals surface area contributed by atoms with Crippen LogP contribution in [0.2, 0.25) is 0 Å². The summed E-state index contributed by atoms with van der Waals surface area (Å²) in [7, 11) is 0. The number of rotatable bonds is 9. The Balaban J connectivity index is 0.00000363. The number of halogens is 3. The van der Waals surface area contributed by atoms with Crippen LogP contribution in [0.3, 0.4) is 0 Å². The van der Waals surface area contributed by atoms with Gasteiger partial charge in [0, 0.05) is 37.0 Å². The van der Waals surface area contributed by atoms with Gasteiger partial charge in [0.25, 0.3) is 0 Å². The van der Waals surface area contributed by atoms with E-state index < -0.39 is 6.61 Å². The number of benzene rings is 1. The molecule has 0 saturated carbocycles. The van der Waals surface area contributed by atoms with Crippen molar-refractivity contribution in [3.05, 3.63) is 41.6 Å². The molecule has 1 aromatic heterocycles. The van der Waals surface area contributed by atoms with E-state index in [1.807, 2.05) is 26.8 Å². The van der Waals surface area contributed by atoms with Crippen molar-refractivity contribution in [2.24, 2.45) is 4.99 Å². The molecule has 0 spiro atoms. The lowest BCUT2D eigenvalue weighted by Crippen LogP contribution is -2.36. The van der Waals surface area contributed by atoms with Crippen LogP contribution in [0.1, 0.15) is 31.9 Å². The Morgan fingerprint density at radius 1 is 1.16 bits per heavy atom. The summed E-state index contributed by atoms with van der Waals surface area (Å²) in [6, 6.07) is 6.71. The van der Waals surface area contributed by atoms with Crippen molar-refractivity contribution >= 4 is 29.9 Å². The molecular formula is C21H27F2IN4O4. The molecule has 1 aliphatic rings. The van der Waals surface area contributed by atoms with Crippen molar-refractivity contribution < 1.29 is 27.7 Å². The normalized spacial score (nSPS) is 12.5. The lowest BCUT2D eigenvalue weighted by Gasteiger charge is -2.15. The average molecular weight is 564 g/mol. The third kappa shape index (κ3) is 7.53. The van der Waals surface area contributed by atoms with E-state index in [1.54, 1.807) is 18.3 Å². The van der Waals surface area contributed by atoms with Crippen LogP contribution in [0, 0.1) is 0 Å². The van der Waals surface area contributed by atoms with Gasteiger partial charge in [0.1, 0.15) is 5.75 Å². The smallest absolute Gasteiger partial charge is 0.387 e. The van der Waals surface area contributed by atoms with Crippen LogP contribution in [-0.2, 0) is 13.1 Å². The third-order valence-corrected chi connectivity index (χ3v) is 4.14. The van der Waals surface area contributed by atoms with E-state index in [4.69, 9.17) is 14.2 Å². The molecular weight excluding hydrogens is 537 g/mol. The standard InChI is InChI=1S/C21H26F2N4O4.HI/c1-4-24-21(26-10-14-5-6-19(25-9-14)30-13(2)3)27-11-15-7-17-18(29-12-28-17)8-16(15)31-20(22)23;/h5-9,13,20H,4,10-12H2,1-3H3,(H2,24,26,27);1H. The maximum Gasteiger partial charge on any atom is 0.387 e. The molecule has 0 atom stereocenters. The fourth-order valence-electron chi connectivity index (χ4n) is 2.82. The van der Waals surface area contributed by atoms with E-state index in [-0.39, 0.29) is 49.2 Å². The van der Waals surface area contributed by atoms with Gasteiger partial charge in [-0.15, -0.1) is 24.0 Å². The van der Waals surface area contributed by atoms with Gasteiger partial charge in [-0.2, -0.15) is 8.78 Å². The molecule has 2 heterocycles. The molecule has 0 fully saturated rings. The molecule has 2 aromatic rings. The summed E-state index contributed by atoms with van der Waals surface area (Å²) in [5.41, 5.74) is 1.39. The highest BCUT2D eigenvalue weighted by Gasteiger charge is 2.20. The second-order valence-corrected chi connectivity index (χ2v) is 6.91. The summed E-state index contributed by atoms with van der Waals surface area (Å²) in [5.74, 6) is 1.95. The van der Waals surface area contributed by atoms with Gasteiger partial charge >= 0.3 is 6.61 Å². The van der Waals surface area contributed by atoms with Crippen molar-refractivity contribution in [3.8, 4) is 23.1 Å². The second-order valence-electron chi connectivity index (χ2n) is 6.91. The van der Waals surface area contributed by atoms with Gasteiger partial charge in [-0.1, -0.05) is 6.07 Å². The van der Waals surface area contributed by atoms with Gasteiger partial charge in [0.05, 0.1) is 12.6 Å². The van der Waals surface area contributed by atoms with E-state index >= 15 is 0 Å². The van der Waals surface area contributed by atoms with E-state index in [2.05, 4.69) is 25.3 Å². The molecule has 2 N–H and O–H groups in total. The number of hydrogen-bond donors (Lipinski definition) is 2. The molecule has 0 saturated heterocycles. The minimum atomic E-state index is -2.95. The molecule has 0 bridgehead atoms. The van der Waals surface area contributed by atoms with Gasteiger partial charge in [0.2, 0.25) is 12.7 Å². The van der Waals surface area contributed by atoms with Gasteiger partial charge in [0.15, 0.2) is 17.5 Å². The lowest BCUT2D eigenvalue weighted by molar-refractivity contribution is -0.0505. The molecule has 0 radical (unpaired) electrons. The van der Waals surface area contributed by atoms with Gasteiger partial charge in [-0.25, -0.2) is 9.98 Å². The summed E-state index contributed by atoms with van der Waals surface area (Å²) >= 11 is 0. The van der Waals surface area contributed by atoms with Crippen LogP contribution in [0.5, 0.6) is 23.1 Å². The Morgan fingerprint density at radius 2 is 1.91 bits per heavy atom. The molecule has 0 unspecified atom stereocenters. The number of hydrogen-bond acceptors (Lipinski definition) is 6. The summed E-state index contributed by atoms with van der Waals surface area (Å²) in [6.07, 6.45) is 1.76. The van der Waals surface area contributed by atoms with Crippen LogP contribution in [0.4, 0.5) is 8.78 Å². The summed E-state index contributed by atoms with van der Waals surface area (Å²) in [4.78, 5) is 8.78. The molecule has 176 valence electrons. The van der Waals surface area contributed by atoms with Crippen molar-refractivity contribution in [3.63, 3.8) is 0 Å². The van der Waals surface area contributed by atoms with E-state index in [9.17, 15) is 8.78 Å². The van der Waals surface area contributed by atoms with Crippen LogP contribution in [0.25, 0.3) is 0 Å². The number of aromatic nitrogens is 1. The highest BCUT2D eigenvalue weighted by atomic mass is 127. The van der Waals surface area contributed by atoms with Crippen molar-refractivity contribution in [2.75, 3.05) is 13.3 Å². The van der Waals surface area contributed by atoms with Crippen LogP contribution >= 0.6 is 24.0 Å². The zero-order valence-electron chi connectivity index (χ0n) is 18.1. The Bertz CT molecular complexity index is 898. The van der Waals surface area contributed by atoms with E-state index in [1.165, 1.54) is 6.07 Å². The molecule has 32 heavy (non-hydrogen) atoms. The largest absolute Gasteiger partial charge is 0.475 e. The zero-order valence-corrected chi connectivity index (χ0v) is 20.4. The molecule has 11 heteroatoms. The van der Waals surface area contributed by atoms with Crippen LogP contribution in [0.15, 0.2) is 35.5 Å². The first-order valence-corrected chi connectivity index (χ1v) is 9.95. The zero-order chi connectivity index (χ0) is 22.2. The van der Waals surface area contributed by atoms with Crippen molar-refractivity contribution in [1.82, 2.24) is 15.6 Å². The number of aliphatic imine (C=N–C) groups is 1. The van der Waals surface area contributed by atoms with Gasteiger partial charge in [-0.05, 0) is 32.4 Å². The van der Waals surface area contributed by atoms with E-state index in [0.29, 0.717) is 42.0 Å². The first-order chi connectivity index (χ1) is 14.9. The van der Waals surface area contributed by atoms with Gasteiger partial charge in [-0.3, -0.25) is 0 Å². The van der Waals surface area contributed by atoms with Gasteiger partial charge < -0.3 is 29.6 Å². The highest BCUT2D eigenvalue weighted by Crippen LogP contribution is 2.38. The van der Waals surface area contributed by atoms with E-state index in [0.717, 1.165) is 5.56 Å². The topological polar surface area (TPSA) is 86.2 Å². The third-order valence-electron chi connectivity index (χ3n) is 4.14. The number of nitrogens with zero attached hydrogens (tertiary/aromatic N) is 2. The average Bonchev–Trinajstić information content (AvgIpc) is 3.17. The molecule has 3 rings (SSSR count). The SMILES string of the molecule is CCNC(=NCc1ccc(OC(C)C)nc1)NCc1cc2c(cc1OC(F)F)OCO2.I. The number of nitrogens with one attached hydrogen (secondary N) is 2. The fourth-order valence-corrected chi connectivity index (χ4v) is 2.82. The quantitative estimate of drug-likeness (QED) is 0.270. The number of guanidine groups is 1.